The largest absolute Gasteiger partial charge is 0.377 e. The molecule has 0 aromatic carbocycles. The maximum atomic E-state index is 10.9. The Morgan fingerprint density at radius 3 is 2.72 bits per heavy atom. The van der Waals surface area contributed by atoms with Crippen LogP contribution in [-0.4, -0.2) is 46.9 Å². The Morgan fingerprint density at radius 2 is 2.11 bits per heavy atom. The summed E-state index contributed by atoms with van der Waals surface area (Å²) in [6.07, 6.45) is 2.56. The summed E-state index contributed by atoms with van der Waals surface area (Å²) < 4.78 is 15.9. The van der Waals surface area contributed by atoms with Crippen LogP contribution in [0.15, 0.2) is 6.07 Å². The van der Waals surface area contributed by atoms with Gasteiger partial charge < -0.3 is 15.4 Å². The molecule has 0 aliphatic rings. The van der Waals surface area contributed by atoms with Crippen molar-refractivity contribution in [2.45, 2.75) is 13.0 Å². The molecule has 1 heterocycles. The fraction of sp³-hybridized carbons (Fsp3) is 0.636. The second-order valence-electron chi connectivity index (χ2n) is 3.80. The van der Waals surface area contributed by atoms with Gasteiger partial charge in [0.05, 0.1) is 0 Å². The van der Waals surface area contributed by atoms with E-state index in [4.69, 9.17) is 4.74 Å². The van der Waals surface area contributed by atoms with Gasteiger partial charge in [-0.25, -0.2) is 9.97 Å². The fourth-order valence-electron chi connectivity index (χ4n) is 1.40. The Hall–Kier alpha value is -1.21. The molecule has 0 saturated carbocycles. The van der Waals surface area contributed by atoms with Crippen molar-refractivity contribution < 1.29 is 8.95 Å². The van der Waals surface area contributed by atoms with Crippen molar-refractivity contribution in [2.75, 3.05) is 43.3 Å². The molecule has 0 fully saturated rings. The van der Waals surface area contributed by atoms with Crippen LogP contribution in [0.5, 0.6) is 0 Å². The van der Waals surface area contributed by atoms with E-state index in [2.05, 4.69) is 20.6 Å². The Bertz CT molecular complexity index is 401. The van der Waals surface area contributed by atoms with Gasteiger partial charge in [-0.3, -0.25) is 4.21 Å². The third-order valence-electron chi connectivity index (χ3n) is 2.22. The van der Waals surface area contributed by atoms with Gasteiger partial charge >= 0.3 is 0 Å². The Morgan fingerprint density at radius 1 is 1.39 bits per heavy atom. The Labute approximate surface area is 110 Å². The molecule has 102 valence electrons. The third-order valence-corrected chi connectivity index (χ3v) is 3.08. The Kier molecular flexibility index (Phi) is 6.59. The van der Waals surface area contributed by atoms with Crippen LogP contribution in [0.2, 0.25) is 0 Å². The summed E-state index contributed by atoms with van der Waals surface area (Å²) in [6, 6.07) is 1.84. The van der Waals surface area contributed by atoms with E-state index in [-0.39, 0.29) is 0 Å². The first kappa shape index (κ1) is 14.8. The fourth-order valence-corrected chi connectivity index (χ4v) is 1.95. The average Bonchev–Trinajstić information content (AvgIpc) is 2.34. The molecule has 18 heavy (non-hydrogen) atoms. The number of ether oxygens (including phenoxy) is 1. The third kappa shape index (κ3) is 5.42. The van der Waals surface area contributed by atoms with E-state index in [9.17, 15) is 4.21 Å². The van der Waals surface area contributed by atoms with E-state index in [0.717, 1.165) is 24.6 Å². The van der Waals surface area contributed by atoms with E-state index < -0.39 is 10.8 Å². The average molecular weight is 272 g/mol. The molecule has 0 aliphatic heterocycles. The highest BCUT2D eigenvalue weighted by Gasteiger charge is 2.03. The second kappa shape index (κ2) is 7.99. The summed E-state index contributed by atoms with van der Waals surface area (Å²) in [6.45, 7) is 1.12. The van der Waals surface area contributed by atoms with E-state index in [1.807, 2.05) is 13.1 Å². The molecule has 0 saturated heterocycles. The zero-order valence-electron chi connectivity index (χ0n) is 11.0. The highest BCUT2D eigenvalue weighted by atomic mass is 32.2. The van der Waals surface area contributed by atoms with E-state index >= 15 is 0 Å². The van der Waals surface area contributed by atoms with Crippen LogP contribution >= 0.6 is 0 Å². The first-order valence-electron chi connectivity index (χ1n) is 5.74. The van der Waals surface area contributed by atoms with Crippen LogP contribution in [0.1, 0.15) is 12.2 Å². The van der Waals surface area contributed by atoms with Gasteiger partial charge in [0, 0.05) is 49.6 Å². The lowest BCUT2D eigenvalue weighted by molar-refractivity contribution is 0.178. The lowest BCUT2D eigenvalue weighted by Gasteiger charge is -2.09. The molecular formula is C11H20N4O2S. The molecule has 0 spiro atoms. The minimum atomic E-state index is -0.742. The van der Waals surface area contributed by atoms with Crippen LogP contribution < -0.4 is 10.6 Å². The number of anilines is 2. The number of nitrogens with one attached hydrogen (secondary N) is 2. The monoisotopic (exact) mass is 272 g/mol. The predicted octanol–water partition coefficient (Wildman–Crippen LogP) is 0.845. The molecule has 2 N–H and O–H groups in total. The number of hydrogen-bond acceptors (Lipinski definition) is 6. The highest BCUT2D eigenvalue weighted by molar-refractivity contribution is 7.84. The minimum Gasteiger partial charge on any atom is -0.377 e. The number of aromatic nitrogens is 2. The van der Waals surface area contributed by atoms with Crippen LogP contribution in [-0.2, 0) is 22.1 Å². The number of methoxy groups -OCH3 is 1. The van der Waals surface area contributed by atoms with E-state index in [0.29, 0.717) is 18.2 Å². The molecule has 1 atom stereocenters. The van der Waals surface area contributed by atoms with Gasteiger partial charge in [0.1, 0.15) is 18.2 Å². The lowest BCUT2D eigenvalue weighted by atomic mass is 10.4. The van der Waals surface area contributed by atoms with Crippen molar-refractivity contribution in [2.24, 2.45) is 0 Å². The van der Waals surface area contributed by atoms with Crippen LogP contribution in [0.3, 0.4) is 0 Å². The number of rotatable bonds is 8. The normalized spacial score (nSPS) is 12.2. The molecule has 0 radical (unpaired) electrons. The van der Waals surface area contributed by atoms with Gasteiger partial charge in [-0.1, -0.05) is 0 Å². The summed E-state index contributed by atoms with van der Waals surface area (Å²) in [7, 11) is 2.68. The molecule has 1 unspecified atom stereocenters. The molecule has 1 rings (SSSR count). The molecule has 0 amide bonds. The summed E-state index contributed by atoms with van der Waals surface area (Å²) in [4.78, 5) is 8.59. The van der Waals surface area contributed by atoms with Gasteiger partial charge in [0.2, 0.25) is 0 Å². The maximum absolute atomic E-state index is 10.9. The second-order valence-corrected chi connectivity index (χ2v) is 5.35. The maximum Gasteiger partial charge on any atom is 0.158 e. The number of hydrogen-bond donors (Lipinski definition) is 2. The molecule has 0 aliphatic carbocycles. The van der Waals surface area contributed by atoms with E-state index in [1.54, 1.807) is 13.4 Å². The highest BCUT2D eigenvalue weighted by Crippen LogP contribution is 2.11. The van der Waals surface area contributed by atoms with E-state index in [1.165, 1.54) is 0 Å². The Balaban J connectivity index is 2.57. The minimum absolute atomic E-state index is 0.378. The van der Waals surface area contributed by atoms with Crippen LogP contribution in [0.4, 0.5) is 11.6 Å². The summed E-state index contributed by atoms with van der Waals surface area (Å²) >= 11 is 0. The summed E-state index contributed by atoms with van der Waals surface area (Å²) in [5, 5.41) is 6.17. The topological polar surface area (TPSA) is 76.1 Å². The van der Waals surface area contributed by atoms with Crippen LogP contribution in [0.25, 0.3) is 0 Å². The molecule has 1 aromatic rings. The van der Waals surface area contributed by atoms with Gasteiger partial charge in [-0.2, -0.15) is 0 Å². The van der Waals surface area contributed by atoms with Crippen molar-refractivity contribution in [3.8, 4) is 0 Å². The van der Waals surface area contributed by atoms with Gasteiger partial charge in [-0.05, 0) is 6.42 Å². The van der Waals surface area contributed by atoms with Crippen LogP contribution in [0, 0.1) is 0 Å². The lowest BCUT2D eigenvalue weighted by Crippen LogP contribution is -2.10. The first-order valence-corrected chi connectivity index (χ1v) is 7.47. The zero-order chi connectivity index (χ0) is 13.4. The van der Waals surface area contributed by atoms with Crippen molar-refractivity contribution in [1.82, 2.24) is 9.97 Å². The quantitative estimate of drug-likeness (QED) is 0.683. The van der Waals surface area contributed by atoms with Gasteiger partial charge in [-0.15, -0.1) is 0 Å². The number of nitrogens with zero attached hydrogens (tertiary/aromatic N) is 2. The first-order chi connectivity index (χ1) is 8.65. The van der Waals surface area contributed by atoms with Crippen molar-refractivity contribution >= 4 is 22.4 Å². The molecule has 1 aromatic heterocycles. The van der Waals surface area contributed by atoms with Crippen molar-refractivity contribution in [1.29, 1.82) is 0 Å². The SMILES string of the molecule is CNc1cc(NCCCS(C)=O)nc(COC)n1. The molecule has 0 bridgehead atoms. The zero-order valence-corrected chi connectivity index (χ0v) is 11.8. The molecule has 7 heteroatoms. The van der Waals surface area contributed by atoms with Crippen molar-refractivity contribution in [3.05, 3.63) is 11.9 Å². The standard InChI is InChI=1S/C11H20N4O2S/c1-12-9-7-10(13-5-4-6-18(3)16)15-11(14-9)8-17-2/h7H,4-6,8H2,1-3H3,(H2,12,13,14,15). The van der Waals surface area contributed by atoms with Gasteiger partial charge in [0.25, 0.3) is 0 Å². The molecular weight excluding hydrogens is 252 g/mol. The molecule has 6 nitrogen and oxygen atoms in total. The van der Waals surface area contributed by atoms with Crippen molar-refractivity contribution in [3.63, 3.8) is 0 Å². The summed E-state index contributed by atoms with van der Waals surface area (Å²) in [5.41, 5.74) is 0. The smallest absolute Gasteiger partial charge is 0.158 e. The predicted molar refractivity (Wildman–Crippen MR) is 74.3 cm³/mol. The summed E-state index contributed by atoms with van der Waals surface area (Å²) in [5.74, 6) is 2.83. The van der Waals surface area contributed by atoms with Gasteiger partial charge in [0.15, 0.2) is 5.82 Å².